The van der Waals surface area contributed by atoms with Gasteiger partial charge in [-0.15, -0.1) is 0 Å². The van der Waals surface area contributed by atoms with E-state index in [1.54, 1.807) is 18.4 Å². The molecule has 0 bridgehead atoms. The van der Waals surface area contributed by atoms with E-state index in [4.69, 9.17) is 10.2 Å². The van der Waals surface area contributed by atoms with Crippen molar-refractivity contribution in [3.63, 3.8) is 0 Å². The Morgan fingerprint density at radius 3 is 2.75 bits per heavy atom. The molecule has 0 saturated heterocycles. The van der Waals surface area contributed by atoms with Crippen LogP contribution in [0.2, 0.25) is 0 Å². The fourth-order valence-corrected chi connectivity index (χ4v) is 2.07. The van der Waals surface area contributed by atoms with Crippen LogP contribution in [-0.2, 0) is 6.54 Å². The highest BCUT2D eigenvalue weighted by molar-refractivity contribution is 6.08. The van der Waals surface area contributed by atoms with Gasteiger partial charge >= 0.3 is 0 Å². The predicted molar refractivity (Wildman–Crippen MR) is 76.0 cm³/mol. The minimum absolute atomic E-state index is 0.204. The van der Waals surface area contributed by atoms with E-state index in [1.807, 2.05) is 24.3 Å². The first-order valence-electron chi connectivity index (χ1n) is 6.19. The lowest BCUT2D eigenvalue weighted by Crippen LogP contribution is -2.23. The number of nitrogens with one attached hydrogen (secondary N) is 1. The zero-order valence-corrected chi connectivity index (χ0v) is 10.7. The summed E-state index contributed by atoms with van der Waals surface area (Å²) >= 11 is 0. The molecule has 1 aromatic carbocycles. The highest BCUT2D eigenvalue weighted by atomic mass is 16.3. The zero-order valence-electron chi connectivity index (χ0n) is 10.7. The number of amides is 1. The van der Waals surface area contributed by atoms with E-state index in [2.05, 4.69) is 10.3 Å². The van der Waals surface area contributed by atoms with Gasteiger partial charge < -0.3 is 15.5 Å². The third-order valence-electron chi connectivity index (χ3n) is 3.07. The Bertz CT molecular complexity index is 751. The van der Waals surface area contributed by atoms with Gasteiger partial charge in [0.25, 0.3) is 5.91 Å². The van der Waals surface area contributed by atoms with Gasteiger partial charge in [0.2, 0.25) is 0 Å². The van der Waals surface area contributed by atoms with Gasteiger partial charge in [0.05, 0.1) is 18.4 Å². The maximum atomic E-state index is 12.2. The molecule has 0 aliphatic heterocycles. The van der Waals surface area contributed by atoms with E-state index in [0.29, 0.717) is 23.7 Å². The smallest absolute Gasteiger partial charge is 0.253 e. The van der Waals surface area contributed by atoms with E-state index < -0.39 is 0 Å². The minimum Gasteiger partial charge on any atom is -0.467 e. The van der Waals surface area contributed by atoms with Crippen LogP contribution in [0.5, 0.6) is 0 Å². The van der Waals surface area contributed by atoms with Gasteiger partial charge in [0.15, 0.2) is 0 Å². The fourth-order valence-electron chi connectivity index (χ4n) is 2.07. The number of benzene rings is 1. The second-order valence-corrected chi connectivity index (χ2v) is 4.36. The molecule has 3 N–H and O–H groups in total. The van der Waals surface area contributed by atoms with Crippen molar-refractivity contribution in [3.05, 3.63) is 60.2 Å². The van der Waals surface area contributed by atoms with Crippen molar-refractivity contribution in [2.24, 2.45) is 0 Å². The Balaban J connectivity index is 1.90. The first-order chi connectivity index (χ1) is 9.75. The van der Waals surface area contributed by atoms with Gasteiger partial charge in [-0.3, -0.25) is 4.79 Å². The monoisotopic (exact) mass is 267 g/mol. The molecule has 0 unspecified atom stereocenters. The molecule has 0 fully saturated rings. The molecule has 2 heterocycles. The van der Waals surface area contributed by atoms with Crippen LogP contribution in [0.3, 0.4) is 0 Å². The maximum Gasteiger partial charge on any atom is 0.253 e. The van der Waals surface area contributed by atoms with Crippen molar-refractivity contribution in [2.75, 3.05) is 5.73 Å². The Morgan fingerprint density at radius 1 is 1.20 bits per heavy atom. The molecule has 0 radical (unpaired) electrons. The molecule has 0 aliphatic rings. The predicted octanol–water partition coefficient (Wildman–Crippen LogP) is 2.34. The highest BCUT2D eigenvalue weighted by Gasteiger charge is 2.12. The standard InChI is InChI=1S/C15H13N3O2/c16-14-12-6-2-1-5-11(12)13(9-17-14)15(19)18-8-10-4-3-7-20-10/h1-7,9H,8H2,(H2,16,17)(H,18,19). The third kappa shape index (κ3) is 2.21. The Kier molecular flexibility index (Phi) is 3.09. The molecule has 5 nitrogen and oxygen atoms in total. The number of hydrogen-bond acceptors (Lipinski definition) is 4. The van der Waals surface area contributed by atoms with Crippen LogP contribution in [0.15, 0.2) is 53.3 Å². The van der Waals surface area contributed by atoms with Crippen LogP contribution in [0.1, 0.15) is 16.1 Å². The molecule has 0 saturated carbocycles. The number of fused-ring (bicyclic) bond motifs is 1. The van der Waals surface area contributed by atoms with Crippen LogP contribution in [0.25, 0.3) is 10.8 Å². The van der Waals surface area contributed by atoms with Gasteiger partial charge in [-0.25, -0.2) is 4.98 Å². The average molecular weight is 267 g/mol. The number of rotatable bonds is 3. The maximum absolute atomic E-state index is 12.2. The summed E-state index contributed by atoms with van der Waals surface area (Å²) in [7, 11) is 0. The summed E-state index contributed by atoms with van der Waals surface area (Å²) in [6.07, 6.45) is 3.07. The molecule has 0 atom stereocenters. The normalized spacial score (nSPS) is 10.6. The largest absolute Gasteiger partial charge is 0.467 e. The number of nitrogens with zero attached hydrogens (tertiary/aromatic N) is 1. The number of furan rings is 1. The van der Waals surface area contributed by atoms with Crippen LogP contribution in [0.4, 0.5) is 5.82 Å². The quantitative estimate of drug-likeness (QED) is 0.763. The van der Waals surface area contributed by atoms with Gasteiger partial charge in [-0.1, -0.05) is 24.3 Å². The van der Waals surface area contributed by atoms with Crippen molar-refractivity contribution in [2.45, 2.75) is 6.54 Å². The lowest BCUT2D eigenvalue weighted by molar-refractivity contribution is 0.0949. The van der Waals surface area contributed by atoms with Crippen molar-refractivity contribution in [1.29, 1.82) is 0 Å². The molecule has 0 aliphatic carbocycles. The van der Waals surface area contributed by atoms with E-state index >= 15 is 0 Å². The van der Waals surface area contributed by atoms with Crippen molar-refractivity contribution < 1.29 is 9.21 Å². The first-order valence-corrected chi connectivity index (χ1v) is 6.19. The second kappa shape index (κ2) is 5.05. The number of aromatic nitrogens is 1. The molecule has 3 rings (SSSR count). The molecule has 3 aromatic rings. The SMILES string of the molecule is Nc1ncc(C(=O)NCc2ccco2)c2ccccc12. The zero-order chi connectivity index (χ0) is 13.9. The van der Waals surface area contributed by atoms with Gasteiger partial charge in [0.1, 0.15) is 11.6 Å². The summed E-state index contributed by atoms with van der Waals surface area (Å²) in [5, 5.41) is 4.36. The number of nitrogens with two attached hydrogens (primary N) is 1. The van der Waals surface area contributed by atoms with Crippen LogP contribution < -0.4 is 11.1 Å². The Labute approximate surface area is 115 Å². The average Bonchev–Trinajstić information content (AvgIpc) is 2.99. The first kappa shape index (κ1) is 12.2. The topological polar surface area (TPSA) is 81.1 Å². The van der Waals surface area contributed by atoms with Crippen LogP contribution >= 0.6 is 0 Å². The Hall–Kier alpha value is -2.82. The number of anilines is 1. The van der Waals surface area contributed by atoms with Gasteiger partial charge in [-0.2, -0.15) is 0 Å². The number of hydrogen-bond donors (Lipinski definition) is 2. The van der Waals surface area contributed by atoms with Crippen molar-refractivity contribution in [3.8, 4) is 0 Å². The highest BCUT2D eigenvalue weighted by Crippen LogP contribution is 2.22. The molecule has 20 heavy (non-hydrogen) atoms. The molecule has 5 heteroatoms. The molecule has 2 aromatic heterocycles. The van der Waals surface area contributed by atoms with E-state index in [-0.39, 0.29) is 5.91 Å². The summed E-state index contributed by atoms with van der Waals surface area (Å²) in [6, 6.07) is 11.0. The van der Waals surface area contributed by atoms with Crippen molar-refractivity contribution >= 4 is 22.5 Å². The summed E-state index contributed by atoms with van der Waals surface area (Å²) in [4.78, 5) is 16.3. The number of pyridine rings is 1. The second-order valence-electron chi connectivity index (χ2n) is 4.36. The summed E-state index contributed by atoms with van der Waals surface area (Å²) < 4.78 is 5.18. The fraction of sp³-hybridized carbons (Fsp3) is 0.0667. The lowest BCUT2D eigenvalue weighted by atomic mass is 10.1. The minimum atomic E-state index is -0.204. The molecule has 100 valence electrons. The van der Waals surface area contributed by atoms with Gasteiger partial charge in [-0.05, 0) is 17.5 Å². The number of carbonyl (C=O) groups is 1. The number of nitrogen functional groups attached to an aromatic ring is 1. The van der Waals surface area contributed by atoms with Crippen LogP contribution in [0, 0.1) is 0 Å². The van der Waals surface area contributed by atoms with E-state index in [0.717, 1.165) is 10.8 Å². The molecular formula is C15H13N3O2. The molecular weight excluding hydrogens is 254 g/mol. The Morgan fingerprint density at radius 2 is 2.00 bits per heavy atom. The summed E-state index contributed by atoms with van der Waals surface area (Å²) in [5.74, 6) is 0.916. The van der Waals surface area contributed by atoms with Crippen molar-refractivity contribution in [1.82, 2.24) is 10.3 Å². The van der Waals surface area contributed by atoms with Crippen LogP contribution in [-0.4, -0.2) is 10.9 Å². The van der Waals surface area contributed by atoms with E-state index in [9.17, 15) is 4.79 Å². The van der Waals surface area contributed by atoms with E-state index in [1.165, 1.54) is 6.20 Å². The lowest BCUT2D eigenvalue weighted by Gasteiger charge is -2.08. The summed E-state index contributed by atoms with van der Waals surface area (Å²) in [6.45, 7) is 0.338. The molecule has 1 amide bonds. The number of carbonyl (C=O) groups excluding carboxylic acids is 1. The van der Waals surface area contributed by atoms with Gasteiger partial charge in [0, 0.05) is 11.6 Å². The summed E-state index contributed by atoms with van der Waals surface area (Å²) in [5.41, 5.74) is 6.32. The third-order valence-corrected chi connectivity index (χ3v) is 3.07. The molecule has 0 spiro atoms.